The fourth-order valence-electron chi connectivity index (χ4n) is 3.14. The molecular weight excluding hydrogens is 392 g/mol. The van der Waals surface area contributed by atoms with Gasteiger partial charge >= 0.3 is 17.9 Å². The molecule has 1 heterocycles. The van der Waals surface area contributed by atoms with Crippen molar-refractivity contribution in [2.75, 3.05) is 0 Å². The van der Waals surface area contributed by atoms with E-state index in [9.17, 15) is 19.5 Å². The molecule has 0 aromatic heterocycles. The van der Waals surface area contributed by atoms with E-state index in [1.807, 2.05) is 0 Å². The Morgan fingerprint density at radius 2 is 1.40 bits per heavy atom. The molecule has 5 atom stereocenters. The van der Waals surface area contributed by atoms with E-state index < -0.39 is 48.6 Å². The molecule has 1 aliphatic heterocycles. The Balaban J connectivity index is 1.78. The molecule has 0 radical (unpaired) electrons. The highest BCUT2D eigenvalue weighted by atomic mass is 16.7. The van der Waals surface area contributed by atoms with Crippen molar-refractivity contribution in [2.45, 2.75) is 44.6 Å². The number of esters is 3. The molecule has 1 unspecified atom stereocenters. The van der Waals surface area contributed by atoms with Crippen molar-refractivity contribution < 1.29 is 38.4 Å². The molecule has 1 aliphatic rings. The van der Waals surface area contributed by atoms with Gasteiger partial charge in [0, 0.05) is 6.92 Å². The first-order chi connectivity index (χ1) is 14.4. The largest absolute Gasteiger partial charge is 0.456 e. The van der Waals surface area contributed by atoms with Gasteiger partial charge < -0.3 is 24.1 Å². The van der Waals surface area contributed by atoms with Gasteiger partial charge in [0.2, 0.25) is 0 Å². The lowest BCUT2D eigenvalue weighted by Gasteiger charge is -2.26. The van der Waals surface area contributed by atoms with Gasteiger partial charge in [0.15, 0.2) is 18.5 Å². The van der Waals surface area contributed by atoms with E-state index >= 15 is 0 Å². The monoisotopic (exact) mass is 414 g/mol. The Kier molecular flexibility index (Phi) is 6.81. The van der Waals surface area contributed by atoms with E-state index in [0.29, 0.717) is 5.56 Å². The lowest BCUT2D eigenvalue weighted by Crippen LogP contribution is -2.44. The van der Waals surface area contributed by atoms with Gasteiger partial charge in [-0.1, -0.05) is 36.4 Å². The SMILES string of the molecule is CC(=O)O[C@H]1C(O)O[C@H]([C@@H](C)OC(=O)c2ccccc2)[C@@H]1OC(=O)c1ccccc1. The molecule has 1 N–H and O–H groups in total. The number of aliphatic hydroxyl groups is 1. The summed E-state index contributed by atoms with van der Waals surface area (Å²) in [6.45, 7) is 2.70. The van der Waals surface area contributed by atoms with Crippen molar-refractivity contribution in [3.05, 3.63) is 71.8 Å². The third-order valence-electron chi connectivity index (χ3n) is 4.54. The van der Waals surface area contributed by atoms with Gasteiger partial charge in [-0.05, 0) is 31.2 Å². The van der Waals surface area contributed by atoms with Crippen LogP contribution < -0.4 is 0 Å². The average Bonchev–Trinajstić information content (AvgIpc) is 3.04. The Bertz CT molecular complexity index is 883. The van der Waals surface area contributed by atoms with Gasteiger partial charge in [0.1, 0.15) is 12.2 Å². The average molecular weight is 414 g/mol. The van der Waals surface area contributed by atoms with Crippen LogP contribution in [-0.4, -0.2) is 53.7 Å². The third-order valence-corrected chi connectivity index (χ3v) is 4.54. The molecule has 8 nitrogen and oxygen atoms in total. The van der Waals surface area contributed by atoms with Crippen molar-refractivity contribution in [3.63, 3.8) is 0 Å². The number of rotatable bonds is 6. The summed E-state index contributed by atoms with van der Waals surface area (Å²) in [4.78, 5) is 36.4. The Morgan fingerprint density at radius 3 is 1.93 bits per heavy atom. The fourth-order valence-corrected chi connectivity index (χ4v) is 3.14. The van der Waals surface area contributed by atoms with Gasteiger partial charge in [-0.15, -0.1) is 0 Å². The van der Waals surface area contributed by atoms with E-state index in [1.54, 1.807) is 60.7 Å². The molecule has 0 amide bonds. The highest BCUT2D eigenvalue weighted by molar-refractivity contribution is 5.90. The topological polar surface area (TPSA) is 108 Å². The number of hydrogen-bond donors (Lipinski definition) is 1. The third kappa shape index (κ3) is 5.03. The van der Waals surface area contributed by atoms with E-state index in [1.165, 1.54) is 6.92 Å². The minimum Gasteiger partial charge on any atom is -0.456 e. The molecule has 2 aromatic rings. The van der Waals surface area contributed by atoms with Crippen molar-refractivity contribution >= 4 is 17.9 Å². The van der Waals surface area contributed by atoms with Crippen LogP contribution in [0.2, 0.25) is 0 Å². The molecular formula is C22H22O8. The van der Waals surface area contributed by atoms with Gasteiger partial charge in [-0.2, -0.15) is 0 Å². The Morgan fingerprint density at radius 1 is 0.867 bits per heavy atom. The molecule has 30 heavy (non-hydrogen) atoms. The predicted molar refractivity (Wildman–Crippen MR) is 103 cm³/mol. The van der Waals surface area contributed by atoms with E-state index in [-0.39, 0.29) is 5.56 Å². The number of benzene rings is 2. The zero-order valence-corrected chi connectivity index (χ0v) is 16.5. The number of aliphatic hydroxyl groups excluding tert-OH is 1. The summed E-state index contributed by atoms with van der Waals surface area (Å²) in [5, 5.41) is 10.2. The summed E-state index contributed by atoms with van der Waals surface area (Å²) >= 11 is 0. The molecule has 0 saturated carbocycles. The highest BCUT2D eigenvalue weighted by Gasteiger charge is 2.52. The number of carbonyl (C=O) groups is 3. The van der Waals surface area contributed by atoms with Crippen molar-refractivity contribution in [3.8, 4) is 0 Å². The predicted octanol–water partition coefficient (Wildman–Crippen LogP) is 2.11. The Hall–Kier alpha value is -3.23. The molecule has 3 rings (SSSR count). The molecule has 1 fully saturated rings. The summed E-state index contributed by atoms with van der Waals surface area (Å²) < 4.78 is 21.5. The molecule has 2 aromatic carbocycles. The van der Waals surface area contributed by atoms with Crippen LogP contribution in [0.25, 0.3) is 0 Å². The lowest BCUT2D eigenvalue weighted by molar-refractivity contribution is -0.172. The maximum absolute atomic E-state index is 12.5. The van der Waals surface area contributed by atoms with Crippen LogP contribution in [0.5, 0.6) is 0 Å². The second-order valence-electron chi connectivity index (χ2n) is 6.78. The summed E-state index contributed by atoms with van der Waals surface area (Å²) in [5.74, 6) is -1.98. The maximum atomic E-state index is 12.5. The standard InChI is InChI=1S/C22H22O8/c1-13(27-20(24)15-9-5-3-6-10-15)17-18(19(22(26)29-17)28-14(2)23)30-21(25)16-11-7-4-8-12-16/h3-13,17-19,22,26H,1-2H3/t13-,17-,18+,19-,22?/m1/s1. The van der Waals surface area contributed by atoms with Gasteiger partial charge in [-0.25, -0.2) is 9.59 Å². The van der Waals surface area contributed by atoms with E-state index in [0.717, 1.165) is 6.92 Å². The minimum atomic E-state index is -1.55. The normalized spacial score (nSPS) is 24.0. The first kappa shape index (κ1) is 21.5. The van der Waals surface area contributed by atoms with Crippen molar-refractivity contribution in [1.29, 1.82) is 0 Å². The van der Waals surface area contributed by atoms with Gasteiger partial charge in [0.05, 0.1) is 11.1 Å². The molecule has 8 heteroatoms. The molecule has 158 valence electrons. The maximum Gasteiger partial charge on any atom is 0.338 e. The van der Waals surface area contributed by atoms with Crippen molar-refractivity contribution in [1.82, 2.24) is 0 Å². The smallest absolute Gasteiger partial charge is 0.338 e. The first-order valence-electron chi connectivity index (χ1n) is 9.39. The second-order valence-corrected chi connectivity index (χ2v) is 6.78. The summed E-state index contributed by atoms with van der Waals surface area (Å²) in [7, 11) is 0. The molecule has 0 aliphatic carbocycles. The van der Waals surface area contributed by atoms with Crippen LogP contribution in [0.3, 0.4) is 0 Å². The van der Waals surface area contributed by atoms with Crippen LogP contribution >= 0.6 is 0 Å². The van der Waals surface area contributed by atoms with Crippen LogP contribution in [0.4, 0.5) is 0 Å². The van der Waals surface area contributed by atoms with Crippen molar-refractivity contribution in [2.24, 2.45) is 0 Å². The molecule has 0 bridgehead atoms. The molecule has 1 saturated heterocycles. The van der Waals surface area contributed by atoms with Crippen LogP contribution in [0.1, 0.15) is 34.6 Å². The van der Waals surface area contributed by atoms with Gasteiger partial charge in [-0.3, -0.25) is 4.79 Å². The van der Waals surface area contributed by atoms with Crippen LogP contribution in [-0.2, 0) is 23.7 Å². The number of carbonyl (C=O) groups excluding carboxylic acids is 3. The summed E-state index contributed by atoms with van der Waals surface area (Å²) in [5.41, 5.74) is 0.602. The quantitative estimate of drug-likeness (QED) is 0.566. The van der Waals surface area contributed by atoms with Crippen LogP contribution in [0.15, 0.2) is 60.7 Å². The summed E-state index contributed by atoms with van der Waals surface area (Å²) in [6, 6.07) is 16.5. The zero-order valence-electron chi connectivity index (χ0n) is 16.5. The van der Waals surface area contributed by atoms with E-state index in [4.69, 9.17) is 18.9 Å². The summed E-state index contributed by atoms with van der Waals surface area (Å²) in [6.07, 6.45) is -5.97. The second kappa shape index (κ2) is 9.51. The number of ether oxygens (including phenoxy) is 4. The minimum absolute atomic E-state index is 0.271. The lowest BCUT2D eigenvalue weighted by atomic mass is 10.1. The van der Waals surface area contributed by atoms with E-state index in [2.05, 4.69) is 0 Å². The van der Waals surface area contributed by atoms with Gasteiger partial charge in [0.25, 0.3) is 0 Å². The highest BCUT2D eigenvalue weighted by Crippen LogP contribution is 2.30. The fraction of sp³-hybridized carbons (Fsp3) is 0.318. The number of hydrogen-bond acceptors (Lipinski definition) is 8. The molecule has 0 spiro atoms. The van der Waals surface area contributed by atoms with Crippen LogP contribution in [0, 0.1) is 0 Å². The first-order valence-corrected chi connectivity index (χ1v) is 9.39. The Labute approximate surface area is 173 Å². The zero-order chi connectivity index (χ0) is 21.7.